The summed E-state index contributed by atoms with van der Waals surface area (Å²) in [7, 11) is -1.90. The highest BCUT2D eigenvalue weighted by molar-refractivity contribution is 7.89. The first-order valence-corrected chi connectivity index (χ1v) is 10.8. The maximum absolute atomic E-state index is 12.1. The Morgan fingerprint density at radius 3 is 2.23 bits per heavy atom. The Labute approximate surface area is 176 Å². The number of ether oxygens (including phenoxy) is 1. The minimum atomic E-state index is -3.50. The van der Waals surface area contributed by atoms with Gasteiger partial charge in [0.25, 0.3) is 0 Å². The van der Waals surface area contributed by atoms with Gasteiger partial charge in [-0.05, 0) is 55.0 Å². The molecule has 160 valence electrons. The number of rotatable bonds is 8. The van der Waals surface area contributed by atoms with E-state index in [1.165, 1.54) is 23.1 Å². The van der Waals surface area contributed by atoms with Crippen LogP contribution in [0.25, 0.3) is 6.08 Å². The predicted molar refractivity (Wildman–Crippen MR) is 117 cm³/mol. The zero-order chi connectivity index (χ0) is 22.1. The fraction of sp³-hybridized carbons (Fsp3) is 0.238. The molecule has 30 heavy (non-hydrogen) atoms. The van der Waals surface area contributed by atoms with Crippen molar-refractivity contribution in [2.24, 2.45) is 0 Å². The minimum Gasteiger partial charge on any atom is -0.449 e. The van der Waals surface area contributed by atoms with Crippen molar-refractivity contribution in [3.63, 3.8) is 0 Å². The Kier molecular flexibility index (Phi) is 8.14. The number of carbonyl (C=O) groups is 2. The lowest BCUT2D eigenvalue weighted by Crippen LogP contribution is -2.26. The number of hydrogen-bond donors (Lipinski definition) is 2. The topological polar surface area (TPSA) is 105 Å². The molecule has 0 aliphatic heterocycles. The van der Waals surface area contributed by atoms with Crippen LogP contribution in [-0.4, -0.2) is 40.6 Å². The van der Waals surface area contributed by atoms with E-state index in [0.29, 0.717) is 23.5 Å². The van der Waals surface area contributed by atoms with Gasteiger partial charge in [-0.2, -0.15) is 0 Å². The molecule has 8 nitrogen and oxygen atoms in total. The molecule has 0 aliphatic carbocycles. The number of carbonyl (C=O) groups excluding carboxylic acids is 2. The summed E-state index contributed by atoms with van der Waals surface area (Å²) in [6.07, 6.45) is 2.48. The zero-order valence-corrected chi connectivity index (χ0v) is 17.9. The van der Waals surface area contributed by atoms with Gasteiger partial charge in [-0.1, -0.05) is 19.1 Å². The molecule has 0 heterocycles. The smallest absolute Gasteiger partial charge is 0.413 e. The van der Waals surface area contributed by atoms with Crippen molar-refractivity contribution < 1.29 is 22.7 Å². The molecule has 2 rings (SSSR count). The quantitative estimate of drug-likeness (QED) is 0.625. The number of anilines is 2. The van der Waals surface area contributed by atoms with Crippen LogP contribution >= 0.6 is 0 Å². The third-order valence-corrected chi connectivity index (χ3v) is 5.58. The molecule has 0 saturated heterocycles. The van der Waals surface area contributed by atoms with Gasteiger partial charge in [0.05, 0.1) is 11.5 Å². The molecular formula is C21H25N3O5S. The van der Waals surface area contributed by atoms with E-state index in [9.17, 15) is 18.0 Å². The lowest BCUT2D eigenvalue weighted by atomic mass is 10.2. The molecule has 2 N–H and O–H groups in total. The van der Waals surface area contributed by atoms with Crippen LogP contribution in [0, 0.1) is 0 Å². The highest BCUT2D eigenvalue weighted by Crippen LogP contribution is 2.18. The molecule has 0 spiro atoms. The van der Waals surface area contributed by atoms with Gasteiger partial charge >= 0.3 is 6.09 Å². The lowest BCUT2D eigenvalue weighted by Gasteiger charge is -2.16. The first-order chi connectivity index (χ1) is 14.3. The molecule has 0 radical (unpaired) electrons. The van der Waals surface area contributed by atoms with Crippen LogP contribution < -0.4 is 14.9 Å². The molecule has 0 saturated carbocycles. The number of nitrogens with zero attached hydrogens (tertiary/aromatic N) is 1. The number of amides is 2. The largest absolute Gasteiger partial charge is 0.449 e. The summed E-state index contributed by atoms with van der Waals surface area (Å²) < 4.78 is 31.2. The summed E-state index contributed by atoms with van der Waals surface area (Å²) in [6.45, 7) is 4.04. The van der Waals surface area contributed by atoms with Crippen molar-refractivity contribution in [3.05, 3.63) is 60.2 Å². The van der Waals surface area contributed by atoms with Crippen molar-refractivity contribution in [2.45, 2.75) is 18.7 Å². The number of nitrogens with one attached hydrogen (secondary N) is 2. The summed E-state index contributed by atoms with van der Waals surface area (Å²) in [6, 6.07) is 12.9. The van der Waals surface area contributed by atoms with Crippen molar-refractivity contribution in [2.75, 3.05) is 30.4 Å². The summed E-state index contributed by atoms with van der Waals surface area (Å²) >= 11 is 0. The van der Waals surface area contributed by atoms with Crippen molar-refractivity contribution in [1.82, 2.24) is 4.72 Å². The summed E-state index contributed by atoms with van der Waals surface area (Å²) in [5.41, 5.74) is 1.89. The van der Waals surface area contributed by atoms with E-state index in [0.717, 1.165) is 0 Å². The monoisotopic (exact) mass is 431 g/mol. The first-order valence-electron chi connectivity index (χ1n) is 9.36. The standard InChI is InChI=1S/C21H25N3O5S/c1-4-22-30(27,28)19-13-6-16(7-14-19)8-15-20(25)23-17-9-11-18(12-10-17)24(3)21(26)29-5-2/h6-15,22H,4-5H2,1-3H3,(H,23,25)/b15-8+. The normalized spacial score (nSPS) is 11.3. The van der Waals surface area contributed by atoms with E-state index in [2.05, 4.69) is 10.0 Å². The van der Waals surface area contributed by atoms with Crippen LogP contribution in [0.5, 0.6) is 0 Å². The van der Waals surface area contributed by atoms with Gasteiger partial charge < -0.3 is 10.1 Å². The van der Waals surface area contributed by atoms with Gasteiger partial charge in [0.15, 0.2) is 0 Å². The van der Waals surface area contributed by atoms with Crippen LogP contribution in [0.4, 0.5) is 16.2 Å². The van der Waals surface area contributed by atoms with Gasteiger partial charge in [0.2, 0.25) is 15.9 Å². The minimum absolute atomic E-state index is 0.166. The van der Waals surface area contributed by atoms with Crippen LogP contribution in [0.3, 0.4) is 0 Å². The third kappa shape index (κ3) is 6.43. The predicted octanol–water partition coefficient (Wildman–Crippen LogP) is 3.23. The van der Waals surface area contributed by atoms with E-state index in [-0.39, 0.29) is 17.4 Å². The average molecular weight is 432 g/mol. The Hall–Kier alpha value is -3.17. The van der Waals surface area contributed by atoms with Gasteiger partial charge in [0, 0.05) is 31.0 Å². The second kappa shape index (κ2) is 10.6. The number of benzene rings is 2. The van der Waals surface area contributed by atoms with E-state index in [1.54, 1.807) is 63.4 Å². The molecule has 2 amide bonds. The molecule has 0 fully saturated rings. The maximum atomic E-state index is 12.1. The molecule has 2 aromatic carbocycles. The highest BCUT2D eigenvalue weighted by atomic mass is 32.2. The van der Waals surface area contributed by atoms with E-state index < -0.39 is 16.1 Å². The number of hydrogen-bond acceptors (Lipinski definition) is 5. The van der Waals surface area contributed by atoms with Gasteiger partial charge in [0.1, 0.15) is 0 Å². The highest BCUT2D eigenvalue weighted by Gasteiger charge is 2.12. The molecule has 0 aliphatic rings. The molecule has 0 atom stereocenters. The number of sulfonamides is 1. The fourth-order valence-corrected chi connectivity index (χ4v) is 3.52. The fourth-order valence-electron chi connectivity index (χ4n) is 2.48. The second-order valence-electron chi connectivity index (χ2n) is 6.20. The Balaban J connectivity index is 1.97. The first kappa shape index (κ1) is 23.1. The van der Waals surface area contributed by atoms with E-state index in [4.69, 9.17) is 4.74 Å². The Morgan fingerprint density at radius 1 is 1.03 bits per heavy atom. The molecule has 9 heteroatoms. The zero-order valence-electron chi connectivity index (χ0n) is 17.1. The molecule has 0 aromatic heterocycles. The van der Waals surface area contributed by atoms with Crippen molar-refractivity contribution >= 4 is 39.5 Å². The van der Waals surface area contributed by atoms with E-state index >= 15 is 0 Å². The van der Waals surface area contributed by atoms with Crippen LogP contribution in [-0.2, 0) is 19.6 Å². The maximum Gasteiger partial charge on any atom is 0.413 e. The van der Waals surface area contributed by atoms with Crippen LogP contribution in [0.15, 0.2) is 59.5 Å². The summed E-state index contributed by atoms with van der Waals surface area (Å²) in [5, 5.41) is 2.72. The summed E-state index contributed by atoms with van der Waals surface area (Å²) in [5.74, 6) is -0.342. The van der Waals surface area contributed by atoms with Crippen molar-refractivity contribution in [3.8, 4) is 0 Å². The Morgan fingerprint density at radius 2 is 1.67 bits per heavy atom. The second-order valence-corrected chi connectivity index (χ2v) is 7.96. The van der Waals surface area contributed by atoms with E-state index in [1.807, 2.05) is 0 Å². The SMILES string of the molecule is CCNS(=O)(=O)c1ccc(/C=C/C(=O)Nc2ccc(N(C)C(=O)OCC)cc2)cc1. The molecule has 0 bridgehead atoms. The van der Waals surface area contributed by atoms with Crippen LogP contribution in [0.1, 0.15) is 19.4 Å². The van der Waals surface area contributed by atoms with Gasteiger partial charge in [-0.15, -0.1) is 0 Å². The lowest BCUT2D eigenvalue weighted by molar-refractivity contribution is -0.111. The molecular weight excluding hydrogens is 406 g/mol. The average Bonchev–Trinajstić information content (AvgIpc) is 2.73. The molecule has 2 aromatic rings. The van der Waals surface area contributed by atoms with Crippen LogP contribution in [0.2, 0.25) is 0 Å². The third-order valence-electron chi connectivity index (χ3n) is 4.02. The Bertz CT molecular complexity index is 1000. The van der Waals surface area contributed by atoms with Crippen molar-refractivity contribution in [1.29, 1.82) is 0 Å². The van der Waals surface area contributed by atoms with Gasteiger partial charge in [-0.25, -0.2) is 17.9 Å². The molecule has 0 unspecified atom stereocenters. The van der Waals surface area contributed by atoms with Gasteiger partial charge in [-0.3, -0.25) is 9.69 Å². The summed E-state index contributed by atoms with van der Waals surface area (Å²) in [4.78, 5) is 25.4.